The summed E-state index contributed by atoms with van der Waals surface area (Å²) in [5.74, 6) is -1.59. The van der Waals surface area contributed by atoms with Gasteiger partial charge in [0, 0.05) is 26.2 Å². The number of rotatable bonds is 26. The largest absolute Gasteiger partial charge is 1.00 e. The smallest absolute Gasteiger partial charge is 0.504 e. The number of benzene rings is 6. The normalized spacial score (nSPS) is 24.3. The van der Waals surface area contributed by atoms with Gasteiger partial charge in [0.1, 0.15) is 81.7 Å². The van der Waals surface area contributed by atoms with Crippen molar-refractivity contribution in [2.24, 2.45) is 5.92 Å². The van der Waals surface area contributed by atoms with Gasteiger partial charge in [0.15, 0.2) is 71.2 Å². The molecule has 10 rings (SSSR count). The second kappa shape index (κ2) is 34.0. The predicted octanol–water partition coefficient (Wildman–Crippen LogP) is 6.83. The first-order chi connectivity index (χ1) is 45.5. The number of carbonyl (C=O) groups is 2. The van der Waals surface area contributed by atoms with E-state index in [1.807, 2.05) is 0 Å². The van der Waals surface area contributed by atoms with Crippen LogP contribution in [0.25, 0.3) is 0 Å². The predicted molar refractivity (Wildman–Crippen MR) is 334 cm³/mol. The maximum absolute atomic E-state index is 12.9. The number of nitrogens with one attached hydrogen (secondary N) is 2. The van der Waals surface area contributed by atoms with E-state index < -0.39 is 96.7 Å². The molecule has 0 aromatic heterocycles. The molecule has 508 valence electrons. The molecule has 0 aliphatic carbocycles. The highest BCUT2D eigenvalue weighted by atomic mass is 16.8. The number of hydrogen-bond donors (Lipinski definition) is 11. The summed E-state index contributed by atoms with van der Waals surface area (Å²) >= 11 is 0. The molecule has 2 amide bonds. The molecule has 27 nitrogen and oxygen atoms in total. The maximum atomic E-state index is 12.9. The Balaban J connectivity index is 0.000000252. The molecule has 12 atom stereocenters. The number of hydrogen-bond acceptors (Lipinski definition) is 25. The molecule has 0 saturated carbocycles. The van der Waals surface area contributed by atoms with Crippen molar-refractivity contribution in [3.8, 4) is 69.0 Å². The van der Waals surface area contributed by atoms with Crippen LogP contribution < -0.4 is 43.8 Å². The first kappa shape index (κ1) is 69.8. The number of aromatic hydroxyl groups is 5. The molecule has 0 spiro atoms. The van der Waals surface area contributed by atoms with E-state index in [1.54, 1.807) is 80.9 Å². The van der Waals surface area contributed by atoms with E-state index in [1.165, 1.54) is 54.6 Å². The van der Waals surface area contributed by atoms with E-state index in [-0.39, 0.29) is 81.3 Å². The van der Waals surface area contributed by atoms with Gasteiger partial charge >= 0.3 is 1.43 Å². The molecule has 4 heterocycles. The molecule has 4 aliphatic heterocycles. The summed E-state index contributed by atoms with van der Waals surface area (Å²) in [6.45, 7) is 3.30. The number of para-hydroxylation sites is 8. The SMILES string of the molecule is COc1cccc(OCCOc2ccccc2NC(=O)c2cccc(O)c2O)c1OCC1OC(OC)[C@H](OC2CCCCO2)[C@@H](OC2CCCCO2)[C@@H]1C.O=C(Nc1ccccc1OCCOc1cccc(O)c1OCC1OC(O)[C@H](O)[C@@H](O)[C@@H]1O)c1cccc(O)c1O.[H+]. The summed E-state index contributed by atoms with van der Waals surface area (Å²) in [6, 6.07) is 31.3. The molecule has 4 aliphatic rings. The van der Waals surface area contributed by atoms with E-state index in [9.17, 15) is 55.5 Å². The Morgan fingerprint density at radius 3 is 1.48 bits per heavy atom. The summed E-state index contributed by atoms with van der Waals surface area (Å²) in [5.41, 5.74) is 0.480. The Labute approximate surface area is 543 Å². The number of amides is 2. The summed E-state index contributed by atoms with van der Waals surface area (Å²) in [6.07, 6.45) is -5.09. The van der Waals surface area contributed by atoms with Crippen LogP contribution in [0.3, 0.4) is 0 Å². The van der Waals surface area contributed by atoms with Crippen LogP contribution in [0.5, 0.6) is 69.0 Å². The van der Waals surface area contributed by atoms with Crippen molar-refractivity contribution in [2.45, 2.75) is 113 Å². The van der Waals surface area contributed by atoms with Crippen molar-refractivity contribution in [1.29, 1.82) is 0 Å². The van der Waals surface area contributed by atoms with Gasteiger partial charge < -0.3 is 123 Å². The zero-order valence-corrected chi connectivity index (χ0v) is 51.9. The summed E-state index contributed by atoms with van der Waals surface area (Å²) < 4.78 is 83.5. The fourth-order valence-electron chi connectivity index (χ4n) is 10.6. The van der Waals surface area contributed by atoms with E-state index in [2.05, 4.69) is 17.6 Å². The molecule has 0 radical (unpaired) electrons. The number of methoxy groups -OCH3 is 2. The number of aliphatic hydroxyl groups is 4. The van der Waals surface area contributed by atoms with Crippen LogP contribution in [0, 0.1) is 5.92 Å². The van der Waals surface area contributed by atoms with Gasteiger partial charge in [-0.25, -0.2) is 0 Å². The number of phenols is 5. The molecule has 94 heavy (non-hydrogen) atoms. The third kappa shape index (κ3) is 18.0. The first-order valence-corrected chi connectivity index (χ1v) is 30.7. The summed E-state index contributed by atoms with van der Waals surface area (Å²) in [4.78, 5) is 25.5. The van der Waals surface area contributed by atoms with Gasteiger partial charge in [0.25, 0.3) is 11.8 Å². The molecular formula is C67H81N2O25+. The van der Waals surface area contributed by atoms with Gasteiger partial charge in [0.2, 0.25) is 11.5 Å². The minimum Gasteiger partial charge on any atom is -0.504 e. The van der Waals surface area contributed by atoms with Gasteiger partial charge in [-0.3, -0.25) is 9.59 Å². The van der Waals surface area contributed by atoms with Gasteiger partial charge in [-0.2, -0.15) is 0 Å². The monoisotopic (exact) mass is 1310 g/mol. The molecule has 6 aromatic rings. The van der Waals surface area contributed by atoms with Crippen LogP contribution in [0.4, 0.5) is 11.4 Å². The number of carbonyl (C=O) groups excluding carboxylic acids is 2. The molecule has 0 bridgehead atoms. The van der Waals surface area contributed by atoms with Gasteiger partial charge in [0.05, 0.1) is 41.8 Å². The standard InChI is InChI=1S/C40H51NO13.C27H29NO12/c1-25-32(52-40(46-3)38(54-34-19-7-9-21-50-34)36(25)53-33-18-6-8-20-49-33)24-51-37-30(45-2)16-11-17-31(37)48-23-22-47-29-15-5-4-13-27(29)41-39(44)26-12-10-14-28(42)35(26)43;29-16-7-3-5-14(21(16)31)26(35)28-15-6-1-2-9-18(15)37-11-12-38-19-10-4-8-17(30)25(19)39-13-20-22(32)23(33)24(34)27(36)40-20/h4-5,10-17,25,32-34,36,38,40,42-43H,6-9,18-24H2,1-3H3,(H,41,44);1-10,20,22-24,27,29-34,36H,11-13H2,(H,28,35)/p+1/t25-,32?,33?,34?,36+,38-,40?;20?,22-,23+,24-,27?/m11/s1. The van der Waals surface area contributed by atoms with Crippen molar-refractivity contribution in [3.05, 3.63) is 132 Å². The molecule has 6 unspecified atom stereocenters. The van der Waals surface area contributed by atoms with Crippen LogP contribution >= 0.6 is 0 Å². The summed E-state index contributed by atoms with van der Waals surface area (Å²) in [7, 11) is 3.14. The molecule has 27 heteroatoms. The van der Waals surface area contributed by atoms with Crippen molar-refractivity contribution in [2.75, 3.05) is 77.7 Å². The number of aliphatic hydroxyl groups excluding tert-OH is 4. The third-order valence-electron chi connectivity index (χ3n) is 15.7. The third-order valence-corrected chi connectivity index (χ3v) is 15.7. The quantitative estimate of drug-likeness (QED) is 0.0196. The number of phenolic OH excluding ortho intramolecular Hbond substituents is 5. The number of ether oxygens (including phenoxy) is 14. The Bertz CT molecular complexity index is 3410. The number of anilines is 2. The maximum Gasteiger partial charge on any atom is 1.00 e. The van der Waals surface area contributed by atoms with Crippen molar-refractivity contribution >= 4 is 23.2 Å². The fraction of sp³-hybridized carbons (Fsp3) is 0.433. The summed E-state index contributed by atoms with van der Waals surface area (Å²) in [5, 5.41) is 94.4. The minimum atomic E-state index is -1.73. The zero-order chi connectivity index (χ0) is 66.7. The van der Waals surface area contributed by atoms with Gasteiger partial charge in [-0.05, 0) is 111 Å². The molecule has 6 aromatic carbocycles. The Morgan fingerprint density at radius 1 is 0.489 bits per heavy atom. The van der Waals surface area contributed by atoms with E-state index in [0.29, 0.717) is 53.3 Å². The second-order valence-electron chi connectivity index (χ2n) is 22.1. The molecule has 4 saturated heterocycles. The van der Waals surface area contributed by atoms with Crippen molar-refractivity contribution in [3.63, 3.8) is 0 Å². The molecule has 11 N–H and O–H groups in total. The lowest BCUT2D eigenvalue weighted by atomic mass is 9.90. The highest BCUT2D eigenvalue weighted by molar-refractivity contribution is 6.08. The molecular weight excluding hydrogens is 1230 g/mol. The highest BCUT2D eigenvalue weighted by Gasteiger charge is 2.49. The van der Waals surface area contributed by atoms with Crippen molar-refractivity contribution < 1.29 is 123 Å². The zero-order valence-electron chi connectivity index (χ0n) is 52.9. The second-order valence-corrected chi connectivity index (χ2v) is 22.1. The van der Waals surface area contributed by atoms with Crippen LogP contribution in [0.2, 0.25) is 0 Å². The van der Waals surface area contributed by atoms with Crippen LogP contribution in [0.15, 0.2) is 121 Å². The lowest BCUT2D eigenvalue weighted by Gasteiger charge is -2.46. The van der Waals surface area contributed by atoms with Gasteiger partial charge in [-0.15, -0.1) is 0 Å². The fourth-order valence-corrected chi connectivity index (χ4v) is 10.6. The topological polar surface area (TPSA) is 369 Å². The molecule has 4 fully saturated rings. The van der Waals surface area contributed by atoms with Crippen LogP contribution in [-0.4, -0.2) is 193 Å². The average Bonchev–Trinajstić information content (AvgIpc) is 1.45. The van der Waals surface area contributed by atoms with E-state index in [4.69, 9.17) is 66.3 Å². The Morgan fingerprint density at radius 2 is 0.947 bits per heavy atom. The van der Waals surface area contributed by atoms with E-state index >= 15 is 0 Å². The lowest BCUT2D eigenvalue weighted by Crippen LogP contribution is -2.59. The highest BCUT2D eigenvalue weighted by Crippen LogP contribution is 2.41. The Kier molecular flexibility index (Phi) is 25.2. The average molecular weight is 1310 g/mol. The van der Waals surface area contributed by atoms with Crippen LogP contribution in [0.1, 0.15) is 67.6 Å². The Hall–Kier alpha value is -8.58. The van der Waals surface area contributed by atoms with Crippen molar-refractivity contribution in [1.82, 2.24) is 0 Å². The van der Waals surface area contributed by atoms with E-state index in [0.717, 1.165) is 38.5 Å². The first-order valence-electron chi connectivity index (χ1n) is 30.7. The minimum absolute atomic E-state index is 0. The van der Waals surface area contributed by atoms with Gasteiger partial charge in [-0.1, -0.05) is 55.5 Å². The van der Waals surface area contributed by atoms with Crippen LogP contribution in [-0.2, 0) is 33.2 Å². The lowest BCUT2D eigenvalue weighted by molar-refractivity contribution is -0.345.